The third kappa shape index (κ3) is 4.78. The second-order valence-electron chi connectivity index (χ2n) is 8.94. The molecule has 0 unspecified atom stereocenters. The third-order valence-corrected chi connectivity index (χ3v) is 5.27. The first kappa shape index (κ1) is 23.0. The van der Waals surface area contributed by atoms with Crippen molar-refractivity contribution in [3.63, 3.8) is 0 Å². The van der Waals surface area contributed by atoms with E-state index in [0.29, 0.717) is 27.2 Å². The number of fused-ring (bicyclic) bond motifs is 1. The predicted molar refractivity (Wildman–Crippen MR) is 120 cm³/mol. The van der Waals surface area contributed by atoms with E-state index >= 15 is 0 Å². The van der Waals surface area contributed by atoms with E-state index in [-0.39, 0.29) is 6.01 Å². The van der Waals surface area contributed by atoms with Crippen LogP contribution in [0.4, 0.5) is 19.6 Å². The van der Waals surface area contributed by atoms with Crippen LogP contribution in [0.3, 0.4) is 0 Å². The monoisotopic (exact) mass is 477 g/mol. The van der Waals surface area contributed by atoms with Crippen molar-refractivity contribution in [3.8, 4) is 11.1 Å². The predicted octanol–water partition coefficient (Wildman–Crippen LogP) is 5.61. The van der Waals surface area contributed by atoms with Crippen molar-refractivity contribution in [1.82, 2.24) is 9.88 Å². The highest BCUT2D eigenvalue weighted by Crippen LogP contribution is 2.34. The first-order chi connectivity index (χ1) is 15.3. The van der Waals surface area contributed by atoms with Crippen molar-refractivity contribution in [1.29, 1.82) is 0 Å². The van der Waals surface area contributed by atoms with Gasteiger partial charge in [0.05, 0.1) is 18.1 Å². The highest BCUT2D eigenvalue weighted by Gasteiger charge is 2.46. The Bertz CT molecular complexity index is 1230. The molecule has 3 aromatic rings. The van der Waals surface area contributed by atoms with Crippen molar-refractivity contribution < 1.29 is 27.5 Å². The fourth-order valence-electron chi connectivity index (χ4n) is 3.34. The fourth-order valence-corrected chi connectivity index (χ4v) is 3.60. The number of oxazole rings is 1. The molecule has 1 saturated heterocycles. The lowest BCUT2D eigenvalue weighted by molar-refractivity contribution is -0.113. The Morgan fingerprint density at radius 3 is 2.36 bits per heavy atom. The lowest BCUT2D eigenvalue weighted by Crippen LogP contribution is -2.58. The van der Waals surface area contributed by atoms with E-state index in [2.05, 4.69) is 4.98 Å². The Morgan fingerprint density at radius 2 is 1.79 bits per heavy atom. The number of carbonyl (C=O) groups is 2. The maximum absolute atomic E-state index is 13.0. The highest BCUT2D eigenvalue weighted by molar-refractivity contribution is 6.35. The van der Waals surface area contributed by atoms with Gasteiger partial charge >= 0.3 is 12.1 Å². The van der Waals surface area contributed by atoms with Gasteiger partial charge in [0.2, 0.25) is 0 Å². The SMILES string of the molecule is CN(C(=O)OC(C)(C)C)c1nc2cc(-c3ccc(C(=O)N4CC(F)(F)C4)cc3)cc(Cl)c2o1. The molecule has 2 heterocycles. The molecule has 1 fully saturated rings. The minimum Gasteiger partial charge on any atom is -0.443 e. The summed E-state index contributed by atoms with van der Waals surface area (Å²) in [5.41, 5.74) is 1.86. The maximum Gasteiger partial charge on any atom is 0.418 e. The van der Waals surface area contributed by atoms with Gasteiger partial charge in [0.15, 0.2) is 5.58 Å². The molecule has 7 nitrogen and oxygen atoms in total. The number of rotatable bonds is 3. The summed E-state index contributed by atoms with van der Waals surface area (Å²) in [6.45, 7) is 4.14. The number of hydrogen-bond donors (Lipinski definition) is 0. The van der Waals surface area contributed by atoms with Gasteiger partial charge in [0, 0.05) is 12.6 Å². The van der Waals surface area contributed by atoms with Crippen molar-refractivity contribution in [2.45, 2.75) is 32.3 Å². The number of nitrogens with zero attached hydrogens (tertiary/aromatic N) is 3. The van der Waals surface area contributed by atoms with Crippen LogP contribution in [0.2, 0.25) is 5.02 Å². The number of alkyl halides is 2. The third-order valence-electron chi connectivity index (χ3n) is 4.98. The normalized spacial score (nSPS) is 15.3. The van der Waals surface area contributed by atoms with Gasteiger partial charge in [-0.15, -0.1) is 0 Å². The van der Waals surface area contributed by atoms with Crippen molar-refractivity contribution >= 4 is 40.7 Å². The van der Waals surface area contributed by atoms with Gasteiger partial charge in [-0.05, 0) is 56.2 Å². The molecule has 10 heteroatoms. The van der Waals surface area contributed by atoms with E-state index in [4.69, 9.17) is 20.8 Å². The topological polar surface area (TPSA) is 75.9 Å². The molecule has 2 amide bonds. The summed E-state index contributed by atoms with van der Waals surface area (Å²) in [5.74, 6) is -3.25. The van der Waals surface area contributed by atoms with Gasteiger partial charge in [-0.3, -0.25) is 4.79 Å². The second kappa shape index (κ2) is 7.98. The molecule has 0 N–H and O–H groups in total. The Hall–Kier alpha value is -3.20. The Balaban J connectivity index is 1.56. The van der Waals surface area contributed by atoms with Crippen LogP contribution in [0.5, 0.6) is 0 Å². The molecule has 0 atom stereocenters. The lowest BCUT2D eigenvalue weighted by atomic mass is 10.0. The zero-order valence-corrected chi connectivity index (χ0v) is 19.2. The molecular weight excluding hydrogens is 456 g/mol. The van der Waals surface area contributed by atoms with Crippen LogP contribution in [0.1, 0.15) is 31.1 Å². The summed E-state index contributed by atoms with van der Waals surface area (Å²) < 4.78 is 37.1. The molecule has 0 spiro atoms. The molecular formula is C23H22ClF2N3O4. The van der Waals surface area contributed by atoms with Crippen LogP contribution >= 0.6 is 11.6 Å². The standard InChI is InChI=1S/C23H22ClF2N3O4/c1-22(2,3)33-21(31)28(4)20-27-17-10-15(9-16(24)18(17)32-20)13-5-7-14(8-6-13)19(30)29-11-23(25,26)12-29/h5-10H,11-12H2,1-4H3. The average Bonchev–Trinajstić information content (AvgIpc) is 3.14. The van der Waals surface area contributed by atoms with Gasteiger partial charge < -0.3 is 14.1 Å². The number of anilines is 1. The number of ether oxygens (including phenoxy) is 1. The van der Waals surface area contributed by atoms with E-state index in [1.165, 1.54) is 7.05 Å². The molecule has 174 valence electrons. The molecule has 4 rings (SSSR count). The summed E-state index contributed by atoms with van der Waals surface area (Å²) in [7, 11) is 1.48. The molecule has 2 aromatic carbocycles. The van der Waals surface area contributed by atoms with E-state index in [1.807, 2.05) is 0 Å². The second-order valence-corrected chi connectivity index (χ2v) is 9.34. The fraction of sp³-hybridized carbons (Fsp3) is 0.348. The lowest BCUT2D eigenvalue weighted by Gasteiger charge is -2.38. The minimum atomic E-state index is -2.81. The number of benzene rings is 2. The maximum atomic E-state index is 13.0. The molecule has 1 aliphatic rings. The Kier molecular flexibility index (Phi) is 5.56. The van der Waals surface area contributed by atoms with Crippen LogP contribution in [0.15, 0.2) is 40.8 Å². The van der Waals surface area contributed by atoms with Gasteiger partial charge in [-0.2, -0.15) is 4.98 Å². The van der Waals surface area contributed by atoms with E-state index in [1.54, 1.807) is 57.2 Å². The number of amides is 2. The van der Waals surface area contributed by atoms with Gasteiger partial charge in [0.1, 0.15) is 11.1 Å². The Labute approximate surface area is 193 Å². The molecule has 33 heavy (non-hydrogen) atoms. The number of hydrogen-bond acceptors (Lipinski definition) is 5. The Morgan fingerprint density at radius 1 is 1.15 bits per heavy atom. The number of carbonyl (C=O) groups excluding carboxylic acids is 2. The van der Waals surface area contributed by atoms with Crippen molar-refractivity contribution in [2.75, 3.05) is 25.0 Å². The minimum absolute atomic E-state index is 0.0330. The first-order valence-corrected chi connectivity index (χ1v) is 10.6. The van der Waals surface area contributed by atoms with Gasteiger partial charge in [-0.1, -0.05) is 23.7 Å². The summed E-state index contributed by atoms with van der Waals surface area (Å²) in [6, 6.07) is 10.0. The van der Waals surface area contributed by atoms with E-state index in [0.717, 1.165) is 15.4 Å². The molecule has 0 radical (unpaired) electrons. The number of aromatic nitrogens is 1. The van der Waals surface area contributed by atoms with E-state index < -0.39 is 36.6 Å². The number of halogens is 3. The average molecular weight is 478 g/mol. The summed E-state index contributed by atoms with van der Waals surface area (Å²) >= 11 is 6.39. The largest absolute Gasteiger partial charge is 0.443 e. The molecule has 0 saturated carbocycles. The van der Waals surface area contributed by atoms with Crippen molar-refractivity contribution in [3.05, 3.63) is 47.0 Å². The summed E-state index contributed by atoms with van der Waals surface area (Å²) in [6.07, 6.45) is -0.620. The van der Waals surface area contributed by atoms with Crippen LogP contribution in [0.25, 0.3) is 22.2 Å². The van der Waals surface area contributed by atoms with Crippen LogP contribution < -0.4 is 4.90 Å². The van der Waals surface area contributed by atoms with Crippen LogP contribution in [-0.4, -0.2) is 53.5 Å². The smallest absolute Gasteiger partial charge is 0.418 e. The number of likely N-dealkylation sites (tertiary alicyclic amines) is 1. The van der Waals surface area contributed by atoms with Crippen molar-refractivity contribution in [2.24, 2.45) is 0 Å². The summed E-state index contributed by atoms with van der Waals surface area (Å²) in [5, 5.41) is 0.293. The zero-order valence-electron chi connectivity index (χ0n) is 18.5. The highest BCUT2D eigenvalue weighted by atomic mass is 35.5. The molecule has 1 aromatic heterocycles. The summed E-state index contributed by atoms with van der Waals surface area (Å²) in [4.78, 5) is 31.2. The quantitative estimate of drug-likeness (QED) is 0.490. The van der Waals surface area contributed by atoms with Crippen LogP contribution in [0, 0.1) is 0 Å². The van der Waals surface area contributed by atoms with Gasteiger partial charge in [-0.25, -0.2) is 18.5 Å². The molecule has 0 bridgehead atoms. The van der Waals surface area contributed by atoms with Crippen LogP contribution in [-0.2, 0) is 4.74 Å². The zero-order chi connectivity index (χ0) is 24.1. The molecule has 1 aliphatic heterocycles. The van der Waals surface area contributed by atoms with Gasteiger partial charge in [0.25, 0.3) is 11.8 Å². The molecule has 0 aliphatic carbocycles. The first-order valence-electron chi connectivity index (χ1n) is 10.2. The van der Waals surface area contributed by atoms with E-state index in [9.17, 15) is 18.4 Å².